The summed E-state index contributed by atoms with van der Waals surface area (Å²) in [5.41, 5.74) is 2.17. The Bertz CT molecular complexity index is 655. The average Bonchev–Trinajstić information content (AvgIpc) is 3.05. The summed E-state index contributed by atoms with van der Waals surface area (Å²) in [5, 5.41) is 17.1. The van der Waals surface area contributed by atoms with Crippen LogP contribution in [0.3, 0.4) is 0 Å². The molecule has 1 fully saturated rings. The van der Waals surface area contributed by atoms with Crippen LogP contribution in [0.4, 0.5) is 0 Å². The number of carbonyl (C=O) groups excluding carboxylic acids is 1. The van der Waals surface area contributed by atoms with Crippen LogP contribution < -0.4 is 10.6 Å². The van der Waals surface area contributed by atoms with Crippen molar-refractivity contribution in [3.8, 4) is 0 Å². The molecule has 0 unspecified atom stereocenters. The number of aliphatic hydroxyl groups excluding tert-OH is 1. The van der Waals surface area contributed by atoms with Gasteiger partial charge in [0, 0.05) is 35.2 Å². The van der Waals surface area contributed by atoms with Crippen LogP contribution in [0.5, 0.6) is 0 Å². The van der Waals surface area contributed by atoms with Gasteiger partial charge in [0.1, 0.15) is 0 Å². The molecule has 112 valence electrons. The zero-order valence-electron chi connectivity index (χ0n) is 11.5. The highest BCUT2D eigenvalue weighted by Crippen LogP contribution is 2.22. The van der Waals surface area contributed by atoms with Crippen molar-refractivity contribution in [3.63, 3.8) is 0 Å². The smallest absolute Gasteiger partial charge is 0.237 e. The van der Waals surface area contributed by atoms with Gasteiger partial charge in [0.2, 0.25) is 5.91 Å². The van der Waals surface area contributed by atoms with Crippen LogP contribution in [-0.2, 0) is 11.2 Å². The number of fused-ring (bicyclic) bond motifs is 1. The van der Waals surface area contributed by atoms with Gasteiger partial charge < -0.3 is 20.7 Å². The van der Waals surface area contributed by atoms with Gasteiger partial charge in [-0.15, -0.1) is 0 Å². The molecule has 5 nitrogen and oxygen atoms in total. The normalized spacial score (nSPS) is 21.8. The number of hydrogen-bond acceptors (Lipinski definition) is 3. The van der Waals surface area contributed by atoms with E-state index >= 15 is 0 Å². The van der Waals surface area contributed by atoms with Gasteiger partial charge >= 0.3 is 0 Å². The maximum Gasteiger partial charge on any atom is 0.237 e. The van der Waals surface area contributed by atoms with E-state index in [1.807, 2.05) is 24.4 Å². The standard InChI is InChI=1S/C15H18ClN3O2/c16-10-1-2-13-12(5-10)9(7-18-13)3-4-17-15(21)14-6-11(20)8-19-14/h1-2,5,7,11,14,18-20H,3-4,6,8H2,(H,17,21)/t11-,14+/m0/s1. The van der Waals surface area contributed by atoms with E-state index in [2.05, 4.69) is 15.6 Å². The van der Waals surface area contributed by atoms with E-state index in [4.69, 9.17) is 11.6 Å². The van der Waals surface area contributed by atoms with Crippen LogP contribution in [0, 0.1) is 0 Å². The Kier molecular flexibility index (Phi) is 4.14. The minimum absolute atomic E-state index is 0.0515. The molecule has 4 N–H and O–H groups in total. The van der Waals surface area contributed by atoms with Crippen molar-refractivity contribution in [2.75, 3.05) is 13.1 Å². The lowest BCUT2D eigenvalue weighted by Gasteiger charge is -2.10. The number of rotatable bonds is 4. The van der Waals surface area contributed by atoms with Gasteiger partial charge in [0.05, 0.1) is 12.1 Å². The number of amides is 1. The summed E-state index contributed by atoms with van der Waals surface area (Å²) >= 11 is 6.02. The maximum absolute atomic E-state index is 11.9. The Morgan fingerprint density at radius 1 is 1.48 bits per heavy atom. The van der Waals surface area contributed by atoms with E-state index in [0.29, 0.717) is 24.5 Å². The van der Waals surface area contributed by atoms with Gasteiger partial charge in [0.25, 0.3) is 0 Å². The van der Waals surface area contributed by atoms with Crippen LogP contribution in [-0.4, -0.2) is 41.2 Å². The molecule has 2 heterocycles. The molecule has 1 aliphatic heterocycles. The van der Waals surface area contributed by atoms with Crippen LogP contribution in [0.1, 0.15) is 12.0 Å². The highest BCUT2D eigenvalue weighted by atomic mass is 35.5. The van der Waals surface area contributed by atoms with Crippen molar-refractivity contribution < 1.29 is 9.90 Å². The number of aromatic nitrogens is 1. The summed E-state index contributed by atoms with van der Waals surface area (Å²) < 4.78 is 0. The minimum Gasteiger partial charge on any atom is -0.392 e. The molecule has 21 heavy (non-hydrogen) atoms. The Balaban J connectivity index is 1.57. The van der Waals surface area contributed by atoms with Gasteiger partial charge in [-0.2, -0.15) is 0 Å². The third-order valence-electron chi connectivity index (χ3n) is 3.85. The number of H-pyrrole nitrogens is 1. The van der Waals surface area contributed by atoms with Gasteiger partial charge in [0.15, 0.2) is 0 Å². The quantitative estimate of drug-likeness (QED) is 0.685. The highest BCUT2D eigenvalue weighted by molar-refractivity contribution is 6.31. The number of carbonyl (C=O) groups is 1. The molecule has 0 radical (unpaired) electrons. The van der Waals surface area contributed by atoms with Gasteiger partial charge in [-0.3, -0.25) is 4.79 Å². The SMILES string of the molecule is O=C(NCCc1c[nH]c2ccc(Cl)cc12)[C@H]1C[C@H](O)CN1. The van der Waals surface area contributed by atoms with E-state index in [0.717, 1.165) is 22.9 Å². The number of nitrogens with one attached hydrogen (secondary N) is 3. The van der Waals surface area contributed by atoms with Crippen LogP contribution >= 0.6 is 11.6 Å². The molecule has 1 saturated heterocycles. The van der Waals surface area contributed by atoms with Gasteiger partial charge in [-0.1, -0.05) is 11.6 Å². The fourth-order valence-electron chi connectivity index (χ4n) is 2.72. The van der Waals surface area contributed by atoms with E-state index in [1.165, 1.54) is 0 Å². The summed E-state index contributed by atoms with van der Waals surface area (Å²) in [6, 6.07) is 5.45. The number of β-amino-alcohol motifs (C(OH)–C–C–N with tert-alkyl or cyclic N) is 1. The first-order chi connectivity index (χ1) is 10.1. The van der Waals surface area contributed by atoms with E-state index in [-0.39, 0.29) is 11.9 Å². The molecule has 2 aromatic rings. The minimum atomic E-state index is -0.420. The molecular formula is C15H18ClN3O2. The molecule has 0 saturated carbocycles. The lowest BCUT2D eigenvalue weighted by atomic mass is 10.1. The molecule has 1 aromatic heterocycles. The first kappa shape index (κ1) is 14.4. The molecule has 0 bridgehead atoms. The largest absolute Gasteiger partial charge is 0.392 e. The van der Waals surface area contributed by atoms with Crippen molar-refractivity contribution in [2.24, 2.45) is 0 Å². The van der Waals surface area contributed by atoms with Crippen molar-refractivity contribution in [1.29, 1.82) is 0 Å². The monoisotopic (exact) mass is 307 g/mol. The van der Waals surface area contributed by atoms with Crippen LogP contribution in [0.25, 0.3) is 10.9 Å². The molecule has 6 heteroatoms. The molecule has 1 aromatic carbocycles. The Labute approximate surface area is 127 Å². The molecule has 2 atom stereocenters. The maximum atomic E-state index is 11.9. The van der Waals surface area contributed by atoms with Gasteiger partial charge in [-0.25, -0.2) is 0 Å². The number of benzene rings is 1. The van der Waals surface area contributed by atoms with Crippen molar-refractivity contribution in [3.05, 3.63) is 35.0 Å². The second-order valence-electron chi connectivity index (χ2n) is 5.40. The summed E-state index contributed by atoms with van der Waals surface area (Å²) in [7, 11) is 0. The van der Waals surface area contributed by atoms with E-state index < -0.39 is 6.10 Å². The number of hydrogen-bond donors (Lipinski definition) is 4. The summed E-state index contributed by atoms with van der Waals surface area (Å²) in [4.78, 5) is 15.1. The zero-order valence-corrected chi connectivity index (χ0v) is 12.3. The summed E-state index contributed by atoms with van der Waals surface area (Å²) in [6.07, 6.45) is 2.75. The molecule has 1 amide bonds. The molecule has 0 aliphatic carbocycles. The second kappa shape index (κ2) is 6.05. The van der Waals surface area contributed by atoms with Crippen molar-refractivity contribution in [1.82, 2.24) is 15.6 Å². The third kappa shape index (κ3) is 3.20. The summed E-state index contributed by atoms with van der Waals surface area (Å²) in [5.74, 6) is -0.0515. The Morgan fingerprint density at radius 3 is 3.10 bits per heavy atom. The molecule has 0 spiro atoms. The number of halogens is 1. The first-order valence-electron chi connectivity index (χ1n) is 7.08. The van der Waals surface area contributed by atoms with E-state index in [1.54, 1.807) is 0 Å². The predicted octanol–water partition coefficient (Wildman–Crippen LogP) is 1.20. The molecular weight excluding hydrogens is 290 g/mol. The fourth-order valence-corrected chi connectivity index (χ4v) is 2.89. The van der Waals surface area contributed by atoms with E-state index in [9.17, 15) is 9.90 Å². The summed E-state index contributed by atoms with van der Waals surface area (Å²) in [6.45, 7) is 1.05. The second-order valence-corrected chi connectivity index (χ2v) is 5.83. The van der Waals surface area contributed by atoms with Crippen molar-refractivity contribution in [2.45, 2.75) is 25.0 Å². The van der Waals surface area contributed by atoms with Crippen LogP contribution in [0.2, 0.25) is 5.02 Å². The van der Waals surface area contributed by atoms with Crippen LogP contribution in [0.15, 0.2) is 24.4 Å². The average molecular weight is 308 g/mol. The first-order valence-corrected chi connectivity index (χ1v) is 7.46. The van der Waals surface area contributed by atoms with Crippen molar-refractivity contribution >= 4 is 28.4 Å². The highest BCUT2D eigenvalue weighted by Gasteiger charge is 2.27. The number of aromatic amines is 1. The Hall–Kier alpha value is -1.56. The Morgan fingerprint density at radius 2 is 2.33 bits per heavy atom. The zero-order chi connectivity index (χ0) is 14.8. The lowest BCUT2D eigenvalue weighted by molar-refractivity contribution is -0.122. The van der Waals surface area contributed by atoms with Gasteiger partial charge in [-0.05, 0) is 36.6 Å². The fraction of sp³-hybridized carbons (Fsp3) is 0.400. The topological polar surface area (TPSA) is 77.2 Å². The lowest BCUT2D eigenvalue weighted by Crippen LogP contribution is -2.41. The molecule has 3 rings (SSSR count). The third-order valence-corrected chi connectivity index (χ3v) is 4.08. The molecule has 1 aliphatic rings. The predicted molar refractivity (Wildman–Crippen MR) is 82.4 cm³/mol. The number of aliphatic hydroxyl groups is 1.